The van der Waals surface area contributed by atoms with Gasteiger partial charge in [0, 0.05) is 5.92 Å². The number of hydrogen-bond donors (Lipinski definition) is 0. The molecule has 0 aliphatic heterocycles. The summed E-state index contributed by atoms with van der Waals surface area (Å²) < 4.78 is 0. The maximum atomic E-state index is 11.4. The first-order valence-corrected chi connectivity index (χ1v) is 13.2. The molecular formula is C28H48O. The van der Waals surface area contributed by atoms with E-state index >= 15 is 0 Å². The highest BCUT2D eigenvalue weighted by molar-refractivity contribution is 5.53. The van der Waals surface area contributed by atoms with Crippen molar-refractivity contribution in [2.75, 3.05) is 0 Å². The molecule has 0 aromatic carbocycles. The fraction of sp³-hybridized carbons (Fsp3) is 0.964. The van der Waals surface area contributed by atoms with Crippen molar-refractivity contribution in [1.82, 2.24) is 0 Å². The van der Waals surface area contributed by atoms with Gasteiger partial charge < -0.3 is 4.79 Å². The van der Waals surface area contributed by atoms with Gasteiger partial charge in [0.05, 0.1) is 0 Å². The fourth-order valence-corrected chi connectivity index (χ4v) is 9.44. The van der Waals surface area contributed by atoms with E-state index < -0.39 is 0 Å². The molecule has 0 amide bonds. The van der Waals surface area contributed by atoms with Crippen molar-refractivity contribution in [3.63, 3.8) is 0 Å². The SMILES string of the molecule is CC(C)CCC[C@@H](C)[C@H]1CC[C@H]2[C@@H]3CC[C@H]4CC(C=O)CC[C@]4(C)[C@H]3CC[C@]12C. The second-order valence-corrected chi connectivity index (χ2v) is 12.9. The summed E-state index contributed by atoms with van der Waals surface area (Å²) in [7, 11) is 0. The van der Waals surface area contributed by atoms with Crippen LogP contribution in [-0.4, -0.2) is 6.29 Å². The molecule has 0 spiro atoms. The number of carbonyl (C=O) groups is 1. The minimum atomic E-state index is 0.362. The molecule has 0 bridgehead atoms. The lowest BCUT2D eigenvalue weighted by molar-refractivity contribution is -0.130. The van der Waals surface area contributed by atoms with Crippen LogP contribution in [0.4, 0.5) is 0 Å². The standard InChI is InChI=1S/C28H48O/c1-19(2)7-6-8-20(3)24-11-12-25-23-10-9-22-17-21(18-29)13-15-27(22,4)26(23)14-16-28(24,25)5/h18-26H,6-17H2,1-5H3/t20-,21?,22+,23+,24-,25+,26+,27+,28-/m1/s1. The zero-order valence-corrected chi connectivity index (χ0v) is 20.1. The van der Waals surface area contributed by atoms with Crippen molar-refractivity contribution in [2.45, 2.75) is 112 Å². The third-order valence-corrected chi connectivity index (χ3v) is 11.1. The van der Waals surface area contributed by atoms with E-state index in [1.165, 1.54) is 76.9 Å². The van der Waals surface area contributed by atoms with E-state index in [0.717, 1.165) is 47.8 Å². The lowest BCUT2D eigenvalue weighted by atomic mass is 9.44. The molecule has 1 unspecified atom stereocenters. The predicted octanol–water partition coefficient (Wildman–Crippen LogP) is 7.92. The van der Waals surface area contributed by atoms with E-state index in [1.54, 1.807) is 0 Å². The molecule has 4 aliphatic carbocycles. The van der Waals surface area contributed by atoms with E-state index in [4.69, 9.17) is 0 Å². The van der Waals surface area contributed by atoms with E-state index in [2.05, 4.69) is 34.6 Å². The van der Waals surface area contributed by atoms with Crippen LogP contribution in [0, 0.1) is 58.2 Å². The Morgan fingerprint density at radius 2 is 1.59 bits per heavy atom. The quantitative estimate of drug-likeness (QED) is 0.414. The molecule has 29 heavy (non-hydrogen) atoms. The molecule has 4 saturated carbocycles. The summed E-state index contributed by atoms with van der Waals surface area (Å²) in [6, 6.07) is 0. The van der Waals surface area contributed by atoms with Crippen LogP contribution >= 0.6 is 0 Å². The van der Waals surface area contributed by atoms with Crippen molar-refractivity contribution in [2.24, 2.45) is 58.2 Å². The zero-order chi connectivity index (χ0) is 20.8. The highest BCUT2D eigenvalue weighted by Gasteiger charge is 2.60. The Hall–Kier alpha value is -0.330. The Bertz CT molecular complexity index is 581. The van der Waals surface area contributed by atoms with Crippen LogP contribution in [0.25, 0.3) is 0 Å². The molecule has 0 radical (unpaired) electrons. The van der Waals surface area contributed by atoms with Crippen molar-refractivity contribution in [3.8, 4) is 0 Å². The average Bonchev–Trinajstić information content (AvgIpc) is 3.04. The topological polar surface area (TPSA) is 17.1 Å². The smallest absolute Gasteiger partial charge is 0.123 e. The molecule has 0 aromatic heterocycles. The first kappa shape index (κ1) is 21.9. The molecule has 0 aromatic rings. The van der Waals surface area contributed by atoms with Gasteiger partial charge >= 0.3 is 0 Å². The first-order valence-electron chi connectivity index (χ1n) is 13.2. The summed E-state index contributed by atoms with van der Waals surface area (Å²) in [6.07, 6.45) is 18.1. The molecule has 0 heterocycles. The van der Waals surface area contributed by atoms with Gasteiger partial charge in [0.2, 0.25) is 0 Å². The normalized spacial score (nSPS) is 47.9. The third-order valence-electron chi connectivity index (χ3n) is 11.1. The Labute approximate surface area is 181 Å². The second-order valence-electron chi connectivity index (χ2n) is 12.9. The third kappa shape index (κ3) is 3.76. The predicted molar refractivity (Wildman–Crippen MR) is 123 cm³/mol. The molecule has 4 rings (SSSR count). The van der Waals surface area contributed by atoms with Gasteiger partial charge in [-0.3, -0.25) is 0 Å². The maximum absolute atomic E-state index is 11.4. The Morgan fingerprint density at radius 1 is 0.862 bits per heavy atom. The average molecular weight is 401 g/mol. The molecule has 0 saturated heterocycles. The highest BCUT2D eigenvalue weighted by atomic mass is 16.1. The van der Waals surface area contributed by atoms with E-state index in [0.29, 0.717) is 16.7 Å². The fourth-order valence-electron chi connectivity index (χ4n) is 9.44. The van der Waals surface area contributed by atoms with E-state index in [9.17, 15) is 4.79 Å². The van der Waals surface area contributed by atoms with E-state index in [1.807, 2.05) is 0 Å². The second kappa shape index (κ2) is 8.31. The van der Waals surface area contributed by atoms with Crippen LogP contribution in [0.1, 0.15) is 112 Å². The summed E-state index contributed by atoms with van der Waals surface area (Å²) in [5.41, 5.74) is 1.15. The largest absolute Gasteiger partial charge is 0.303 e. The maximum Gasteiger partial charge on any atom is 0.123 e. The Balaban J connectivity index is 1.46. The number of fused-ring (bicyclic) bond motifs is 5. The van der Waals surface area contributed by atoms with Gasteiger partial charge in [-0.2, -0.15) is 0 Å². The molecule has 1 heteroatoms. The molecular weight excluding hydrogens is 352 g/mol. The lowest BCUT2D eigenvalue weighted by Crippen LogP contribution is -2.53. The summed E-state index contributed by atoms with van der Waals surface area (Å²) in [5.74, 6) is 6.84. The molecule has 4 fully saturated rings. The molecule has 4 aliphatic rings. The molecule has 166 valence electrons. The Morgan fingerprint density at radius 3 is 2.31 bits per heavy atom. The van der Waals surface area contributed by atoms with Gasteiger partial charge in [-0.1, -0.05) is 53.9 Å². The highest BCUT2D eigenvalue weighted by Crippen LogP contribution is 2.68. The van der Waals surface area contributed by atoms with Crippen molar-refractivity contribution in [3.05, 3.63) is 0 Å². The minimum absolute atomic E-state index is 0.362. The van der Waals surface area contributed by atoms with Crippen LogP contribution in [0.15, 0.2) is 0 Å². The van der Waals surface area contributed by atoms with Crippen molar-refractivity contribution >= 4 is 6.29 Å². The van der Waals surface area contributed by atoms with Crippen LogP contribution in [0.5, 0.6) is 0 Å². The number of carbonyl (C=O) groups excluding carboxylic acids is 1. The van der Waals surface area contributed by atoms with E-state index in [-0.39, 0.29) is 0 Å². The summed E-state index contributed by atoms with van der Waals surface area (Å²) in [6.45, 7) is 12.7. The van der Waals surface area contributed by atoms with Crippen LogP contribution in [0.3, 0.4) is 0 Å². The summed E-state index contributed by atoms with van der Waals surface area (Å²) in [5, 5.41) is 0. The first-order chi connectivity index (χ1) is 13.8. The molecule has 0 N–H and O–H groups in total. The van der Waals surface area contributed by atoms with Gasteiger partial charge in [-0.05, 0) is 110 Å². The number of aldehydes is 1. The van der Waals surface area contributed by atoms with Gasteiger partial charge in [0.15, 0.2) is 0 Å². The van der Waals surface area contributed by atoms with Crippen molar-refractivity contribution < 1.29 is 4.79 Å². The van der Waals surface area contributed by atoms with Crippen molar-refractivity contribution in [1.29, 1.82) is 0 Å². The number of rotatable bonds is 6. The zero-order valence-electron chi connectivity index (χ0n) is 20.1. The summed E-state index contributed by atoms with van der Waals surface area (Å²) >= 11 is 0. The van der Waals surface area contributed by atoms with Crippen LogP contribution in [-0.2, 0) is 4.79 Å². The van der Waals surface area contributed by atoms with Gasteiger partial charge in [-0.25, -0.2) is 0 Å². The monoisotopic (exact) mass is 400 g/mol. The molecule has 1 nitrogen and oxygen atoms in total. The van der Waals surface area contributed by atoms with Crippen LogP contribution < -0.4 is 0 Å². The van der Waals surface area contributed by atoms with Gasteiger partial charge in [-0.15, -0.1) is 0 Å². The minimum Gasteiger partial charge on any atom is -0.303 e. The Kier molecular flexibility index (Phi) is 6.27. The molecule has 9 atom stereocenters. The summed E-state index contributed by atoms with van der Waals surface area (Å²) in [4.78, 5) is 11.4. The number of hydrogen-bond acceptors (Lipinski definition) is 1. The lowest BCUT2D eigenvalue weighted by Gasteiger charge is -2.61. The van der Waals surface area contributed by atoms with Gasteiger partial charge in [0.25, 0.3) is 0 Å². The van der Waals surface area contributed by atoms with Gasteiger partial charge in [0.1, 0.15) is 6.29 Å². The van der Waals surface area contributed by atoms with Crippen LogP contribution in [0.2, 0.25) is 0 Å².